The van der Waals surface area contributed by atoms with Gasteiger partial charge in [0, 0.05) is 16.9 Å². The molecule has 0 fully saturated rings. The van der Waals surface area contributed by atoms with Crippen molar-refractivity contribution in [2.45, 2.75) is 6.42 Å². The standard InChI is InChI=1S/C45H31N/c1-2-11-31(12-3-1)32-21-25-37(26-22-32)46(44-20-10-15-36-29-34-13-5-7-17-40(34)45(36)44)38-27-23-33(24-28-38)43-30-35-14-4-6-16-39(35)41-18-8-9-19-42(41)43/h1-28,30H,29H2. The van der Waals surface area contributed by atoms with Crippen molar-refractivity contribution in [3.8, 4) is 33.4 Å². The van der Waals surface area contributed by atoms with Gasteiger partial charge in [0.25, 0.3) is 0 Å². The van der Waals surface area contributed by atoms with Gasteiger partial charge in [-0.25, -0.2) is 0 Å². The Hall–Kier alpha value is -5.92. The number of fused-ring (bicyclic) bond motifs is 6. The van der Waals surface area contributed by atoms with E-state index in [-0.39, 0.29) is 0 Å². The summed E-state index contributed by atoms with van der Waals surface area (Å²) in [6.07, 6.45) is 0.966. The molecule has 8 aromatic rings. The molecule has 0 saturated heterocycles. The third kappa shape index (κ3) is 4.40. The molecule has 1 heteroatoms. The Labute approximate surface area is 269 Å². The molecule has 216 valence electrons. The first kappa shape index (κ1) is 26.5. The first-order valence-corrected chi connectivity index (χ1v) is 16.0. The average molecular weight is 586 g/mol. The van der Waals surface area contributed by atoms with E-state index in [1.807, 2.05) is 0 Å². The van der Waals surface area contributed by atoms with Crippen LogP contribution in [0.2, 0.25) is 0 Å². The van der Waals surface area contributed by atoms with E-state index < -0.39 is 0 Å². The van der Waals surface area contributed by atoms with Gasteiger partial charge in [0.05, 0.1) is 5.69 Å². The highest BCUT2D eigenvalue weighted by Gasteiger charge is 2.25. The molecule has 8 aromatic carbocycles. The first-order chi connectivity index (χ1) is 22.8. The second kappa shape index (κ2) is 10.9. The van der Waals surface area contributed by atoms with Crippen molar-refractivity contribution in [1.82, 2.24) is 0 Å². The first-order valence-electron chi connectivity index (χ1n) is 16.0. The van der Waals surface area contributed by atoms with Crippen LogP contribution in [-0.2, 0) is 6.42 Å². The highest BCUT2D eigenvalue weighted by molar-refractivity contribution is 6.13. The Morgan fingerprint density at radius 3 is 1.74 bits per heavy atom. The minimum atomic E-state index is 0.966. The molecule has 1 nitrogen and oxygen atoms in total. The molecule has 0 radical (unpaired) electrons. The molecule has 46 heavy (non-hydrogen) atoms. The van der Waals surface area contributed by atoms with Crippen LogP contribution >= 0.6 is 0 Å². The van der Waals surface area contributed by atoms with E-state index in [9.17, 15) is 0 Å². The summed E-state index contributed by atoms with van der Waals surface area (Å²) in [7, 11) is 0. The smallest absolute Gasteiger partial charge is 0.0543 e. The predicted molar refractivity (Wildman–Crippen MR) is 195 cm³/mol. The molecule has 9 rings (SSSR count). The second-order valence-electron chi connectivity index (χ2n) is 12.1. The summed E-state index contributed by atoms with van der Waals surface area (Å²) in [5.41, 5.74) is 13.8. The maximum atomic E-state index is 2.43. The van der Waals surface area contributed by atoms with Gasteiger partial charge in [-0.2, -0.15) is 0 Å². The summed E-state index contributed by atoms with van der Waals surface area (Å²) in [4.78, 5) is 2.43. The van der Waals surface area contributed by atoms with Crippen LogP contribution < -0.4 is 4.90 Å². The number of nitrogens with zero attached hydrogens (tertiary/aromatic N) is 1. The number of hydrogen-bond donors (Lipinski definition) is 0. The zero-order valence-electron chi connectivity index (χ0n) is 25.4. The van der Waals surface area contributed by atoms with Crippen LogP contribution in [0, 0.1) is 0 Å². The Kier molecular flexibility index (Phi) is 6.28. The lowest BCUT2D eigenvalue weighted by molar-refractivity contribution is 1.24. The number of benzene rings is 8. The van der Waals surface area contributed by atoms with Crippen LogP contribution in [0.4, 0.5) is 17.1 Å². The lowest BCUT2D eigenvalue weighted by Crippen LogP contribution is -2.11. The zero-order valence-corrected chi connectivity index (χ0v) is 25.4. The van der Waals surface area contributed by atoms with E-state index in [2.05, 4.69) is 181 Å². The quantitative estimate of drug-likeness (QED) is 0.182. The third-order valence-electron chi connectivity index (χ3n) is 9.47. The fourth-order valence-electron chi connectivity index (χ4n) is 7.30. The van der Waals surface area contributed by atoms with Gasteiger partial charge in [-0.3, -0.25) is 0 Å². The second-order valence-corrected chi connectivity index (χ2v) is 12.1. The number of hydrogen-bond acceptors (Lipinski definition) is 1. The number of anilines is 3. The highest BCUT2D eigenvalue weighted by Crippen LogP contribution is 2.47. The van der Waals surface area contributed by atoms with Gasteiger partial charge in [0.1, 0.15) is 0 Å². The normalized spacial score (nSPS) is 11.8. The lowest BCUT2D eigenvalue weighted by atomic mass is 9.93. The molecule has 0 N–H and O–H groups in total. The van der Waals surface area contributed by atoms with Crippen LogP contribution in [0.3, 0.4) is 0 Å². The van der Waals surface area contributed by atoms with Gasteiger partial charge >= 0.3 is 0 Å². The Balaban J connectivity index is 1.20. The van der Waals surface area contributed by atoms with Crippen molar-refractivity contribution in [2.24, 2.45) is 0 Å². The van der Waals surface area contributed by atoms with Crippen LogP contribution in [-0.4, -0.2) is 0 Å². The van der Waals surface area contributed by atoms with Crippen molar-refractivity contribution in [1.29, 1.82) is 0 Å². The maximum absolute atomic E-state index is 2.43. The summed E-state index contributed by atoms with van der Waals surface area (Å²) >= 11 is 0. The molecule has 0 unspecified atom stereocenters. The van der Waals surface area contributed by atoms with Crippen molar-refractivity contribution in [2.75, 3.05) is 4.90 Å². The monoisotopic (exact) mass is 585 g/mol. The van der Waals surface area contributed by atoms with Crippen LogP contribution in [0.5, 0.6) is 0 Å². The Morgan fingerprint density at radius 1 is 0.370 bits per heavy atom. The van der Waals surface area contributed by atoms with E-state index in [0.29, 0.717) is 0 Å². The van der Waals surface area contributed by atoms with Gasteiger partial charge < -0.3 is 4.90 Å². The van der Waals surface area contributed by atoms with Crippen molar-refractivity contribution < 1.29 is 0 Å². The SMILES string of the molecule is c1ccc(-c2ccc(N(c3ccc(-c4cc5ccccc5c5ccccc45)cc3)c3cccc4c3-c3ccccc3C4)cc2)cc1. The molecule has 0 aromatic heterocycles. The zero-order chi connectivity index (χ0) is 30.5. The highest BCUT2D eigenvalue weighted by atomic mass is 15.1. The maximum Gasteiger partial charge on any atom is 0.0543 e. The Bertz CT molecular complexity index is 2370. The topological polar surface area (TPSA) is 3.24 Å². The van der Waals surface area contributed by atoms with Gasteiger partial charge in [0.15, 0.2) is 0 Å². The van der Waals surface area contributed by atoms with Gasteiger partial charge in [-0.1, -0.05) is 140 Å². The molecule has 0 spiro atoms. The largest absolute Gasteiger partial charge is 0.310 e. The summed E-state index contributed by atoms with van der Waals surface area (Å²) in [5, 5.41) is 5.12. The van der Waals surface area contributed by atoms with E-state index >= 15 is 0 Å². The van der Waals surface area contributed by atoms with E-state index in [1.165, 1.54) is 71.7 Å². The molecule has 1 aliphatic rings. The molecule has 0 atom stereocenters. The van der Waals surface area contributed by atoms with E-state index in [1.54, 1.807) is 0 Å². The van der Waals surface area contributed by atoms with Crippen LogP contribution in [0.15, 0.2) is 176 Å². The summed E-state index contributed by atoms with van der Waals surface area (Å²) in [6.45, 7) is 0. The molecule has 0 aliphatic heterocycles. The third-order valence-corrected chi connectivity index (χ3v) is 9.47. The van der Waals surface area contributed by atoms with Gasteiger partial charge in [-0.15, -0.1) is 0 Å². The molecule has 0 bridgehead atoms. The summed E-state index contributed by atoms with van der Waals surface area (Å²) in [6, 6.07) is 64.2. The van der Waals surface area contributed by atoms with Gasteiger partial charge in [0.2, 0.25) is 0 Å². The summed E-state index contributed by atoms with van der Waals surface area (Å²) < 4.78 is 0. The molecule has 1 aliphatic carbocycles. The van der Waals surface area contributed by atoms with Gasteiger partial charge in [-0.05, 0) is 103 Å². The van der Waals surface area contributed by atoms with E-state index in [4.69, 9.17) is 0 Å². The number of rotatable bonds is 5. The Morgan fingerprint density at radius 2 is 0.957 bits per heavy atom. The van der Waals surface area contributed by atoms with Crippen molar-refractivity contribution in [3.05, 3.63) is 187 Å². The van der Waals surface area contributed by atoms with E-state index in [0.717, 1.165) is 17.8 Å². The molecule has 0 saturated carbocycles. The molecular weight excluding hydrogens is 555 g/mol. The van der Waals surface area contributed by atoms with Crippen LogP contribution in [0.25, 0.3) is 54.9 Å². The minimum absolute atomic E-state index is 0.966. The van der Waals surface area contributed by atoms with Crippen molar-refractivity contribution >= 4 is 38.6 Å². The molecular formula is C45H31N. The average Bonchev–Trinajstić information content (AvgIpc) is 3.52. The lowest BCUT2D eigenvalue weighted by Gasteiger charge is -2.28. The fraction of sp³-hybridized carbons (Fsp3) is 0.0222. The summed E-state index contributed by atoms with van der Waals surface area (Å²) in [5.74, 6) is 0. The molecule has 0 heterocycles. The molecule has 0 amide bonds. The van der Waals surface area contributed by atoms with Crippen molar-refractivity contribution in [3.63, 3.8) is 0 Å². The minimum Gasteiger partial charge on any atom is -0.310 e. The predicted octanol–water partition coefficient (Wildman–Crippen LogP) is 12.4. The van der Waals surface area contributed by atoms with Crippen LogP contribution in [0.1, 0.15) is 11.1 Å². The fourth-order valence-corrected chi connectivity index (χ4v) is 7.30.